The van der Waals surface area contributed by atoms with Gasteiger partial charge in [-0.2, -0.15) is 0 Å². The summed E-state index contributed by atoms with van der Waals surface area (Å²) in [5.74, 6) is 0.203. The average molecular weight is 393 g/mol. The van der Waals surface area contributed by atoms with E-state index < -0.39 is 0 Å². The van der Waals surface area contributed by atoms with Gasteiger partial charge < -0.3 is 15.4 Å². The summed E-state index contributed by atoms with van der Waals surface area (Å²) in [7, 11) is 1.80. The zero-order chi connectivity index (χ0) is 21.6. The average Bonchev–Trinajstić information content (AvgIpc) is 3.01. The molecule has 4 N–H and O–H groups in total. The van der Waals surface area contributed by atoms with Crippen molar-refractivity contribution < 1.29 is 5.11 Å². The fourth-order valence-corrected chi connectivity index (χ4v) is 3.10. The summed E-state index contributed by atoms with van der Waals surface area (Å²) < 4.78 is 0. The third-order valence-corrected chi connectivity index (χ3v) is 5.02. The minimum absolute atomic E-state index is 0.0710. The van der Waals surface area contributed by atoms with Gasteiger partial charge in [-0.1, -0.05) is 31.6 Å². The summed E-state index contributed by atoms with van der Waals surface area (Å²) in [6, 6.07) is 6.11. The minimum atomic E-state index is 0.0710. The van der Waals surface area contributed by atoms with Crippen LogP contribution in [0.15, 0.2) is 52.7 Å². The highest BCUT2D eigenvalue weighted by Crippen LogP contribution is 2.31. The first kappa shape index (κ1) is 22.2. The van der Waals surface area contributed by atoms with Crippen LogP contribution in [0, 0.1) is 5.41 Å². The van der Waals surface area contributed by atoms with Crippen LogP contribution < -0.4 is 5.32 Å². The number of aliphatic imine (C=N–C) groups is 1. The molecule has 0 unspecified atom stereocenters. The highest BCUT2D eigenvalue weighted by atomic mass is 16.3. The Bertz CT molecular complexity index is 1020. The number of hydrogen-bond acceptors (Lipinski definition) is 3. The molecule has 0 aliphatic heterocycles. The molecule has 5 heteroatoms. The molecule has 2 aromatic rings. The molecule has 154 valence electrons. The van der Waals surface area contributed by atoms with E-state index in [0.717, 1.165) is 35.0 Å². The van der Waals surface area contributed by atoms with Gasteiger partial charge in [0.15, 0.2) is 5.88 Å². The van der Waals surface area contributed by atoms with Crippen LogP contribution in [0.2, 0.25) is 0 Å². The minimum Gasteiger partial charge on any atom is -0.494 e. The van der Waals surface area contributed by atoms with Crippen molar-refractivity contribution >= 4 is 28.0 Å². The van der Waals surface area contributed by atoms with E-state index in [4.69, 9.17) is 5.41 Å². The maximum absolute atomic E-state index is 10.5. The summed E-state index contributed by atoms with van der Waals surface area (Å²) in [6.07, 6.45) is 8.23. The summed E-state index contributed by atoms with van der Waals surface area (Å²) in [5, 5.41) is 22.4. The summed E-state index contributed by atoms with van der Waals surface area (Å²) in [5.41, 5.74) is 6.44. The third-order valence-electron chi connectivity index (χ3n) is 5.02. The van der Waals surface area contributed by atoms with Crippen LogP contribution in [0.5, 0.6) is 5.88 Å². The Morgan fingerprint density at radius 3 is 2.62 bits per heavy atom. The van der Waals surface area contributed by atoms with Crippen LogP contribution in [-0.4, -0.2) is 28.7 Å². The van der Waals surface area contributed by atoms with Crippen molar-refractivity contribution in [2.75, 3.05) is 7.05 Å². The van der Waals surface area contributed by atoms with Crippen molar-refractivity contribution in [3.8, 4) is 5.88 Å². The Balaban J connectivity index is 2.50. The summed E-state index contributed by atoms with van der Waals surface area (Å²) in [4.78, 5) is 7.38. The van der Waals surface area contributed by atoms with Gasteiger partial charge in [0.05, 0.1) is 11.3 Å². The first-order valence-corrected chi connectivity index (χ1v) is 9.97. The van der Waals surface area contributed by atoms with Crippen LogP contribution in [0.3, 0.4) is 0 Å². The van der Waals surface area contributed by atoms with Crippen LogP contribution in [0.1, 0.15) is 58.6 Å². The molecule has 0 spiro atoms. The van der Waals surface area contributed by atoms with E-state index in [1.165, 1.54) is 11.1 Å². The van der Waals surface area contributed by atoms with Crippen LogP contribution >= 0.6 is 0 Å². The zero-order valence-electron chi connectivity index (χ0n) is 18.3. The highest BCUT2D eigenvalue weighted by Gasteiger charge is 2.15. The molecular weight excluding hydrogens is 360 g/mol. The molecule has 29 heavy (non-hydrogen) atoms. The lowest BCUT2D eigenvalue weighted by Gasteiger charge is -2.07. The van der Waals surface area contributed by atoms with Gasteiger partial charge in [-0.25, -0.2) is 4.99 Å². The zero-order valence-corrected chi connectivity index (χ0v) is 18.3. The number of nitrogens with zero attached hydrogens (tertiary/aromatic N) is 1. The molecule has 1 aromatic carbocycles. The van der Waals surface area contributed by atoms with Crippen molar-refractivity contribution in [3.05, 3.63) is 58.8 Å². The lowest BCUT2D eigenvalue weighted by atomic mass is 9.98. The second kappa shape index (κ2) is 9.92. The van der Waals surface area contributed by atoms with Gasteiger partial charge in [-0.15, -0.1) is 0 Å². The van der Waals surface area contributed by atoms with Crippen molar-refractivity contribution in [3.63, 3.8) is 0 Å². The number of allylic oxidation sites excluding steroid dienone is 5. The molecule has 0 bridgehead atoms. The van der Waals surface area contributed by atoms with E-state index in [1.54, 1.807) is 13.1 Å². The fourth-order valence-electron chi connectivity index (χ4n) is 3.10. The van der Waals surface area contributed by atoms with E-state index in [1.807, 2.05) is 19.9 Å². The second-order valence-corrected chi connectivity index (χ2v) is 7.27. The largest absolute Gasteiger partial charge is 0.494 e. The quantitative estimate of drug-likeness (QED) is 0.267. The predicted molar refractivity (Wildman–Crippen MR) is 125 cm³/mol. The maximum atomic E-state index is 10.5. The number of aromatic hydroxyl groups is 1. The Labute approximate surface area is 173 Å². The highest BCUT2D eigenvalue weighted by molar-refractivity contribution is 6.16. The molecule has 2 rings (SSSR count). The number of benzene rings is 1. The van der Waals surface area contributed by atoms with Crippen LogP contribution in [-0.2, 0) is 0 Å². The molecule has 5 nitrogen and oxygen atoms in total. The van der Waals surface area contributed by atoms with Crippen LogP contribution in [0.25, 0.3) is 16.5 Å². The number of fused-ring (bicyclic) bond motifs is 1. The predicted octanol–water partition coefficient (Wildman–Crippen LogP) is 5.93. The molecule has 0 saturated heterocycles. The molecule has 0 fully saturated rings. The molecule has 0 amide bonds. The van der Waals surface area contributed by atoms with Crippen LogP contribution in [0.4, 0.5) is 0 Å². The van der Waals surface area contributed by atoms with Gasteiger partial charge >= 0.3 is 0 Å². The van der Waals surface area contributed by atoms with Gasteiger partial charge in [0.25, 0.3) is 0 Å². The molecule has 0 atom stereocenters. The fraction of sp³-hybridized carbons (Fsp3) is 0.333. The Kier molecular flexibility index (Phi) is 7.59. The lowest BCUT2D eigenvalue weighted by Crippen LogP contribution is -2.05. The van der Waals surface area contributed by atoms with E-state index in [2.05, 4.69) is 60.3 Å². The number of hydrogen-bond donors (Lipinski definition) is 4. The first-order chi connectivity index (χ1) is 13.8. The lowest BCUT2D eigenvalue weighted by molar-refractivity contribution is 0.457. The molecular formula is C24H32N4O. The van der Waals surface area contributed by atoms with E-state index >= 15 is 0 Å². The second-order valence-electron chi connectivity index (χ2n) is 7.27. The molecule has 1 heterocycles. The maximum Gasteiger partial charge on any atom is 0.198 e. The van der Waals surface area contributed by atoms with E-state index in [0.29, 0.717) is 11.3 Å². The molecule has 1 aromatic heterocycles. The van der Waals surface area contributed by atoms with Crippen molar-refractivity contribution in [1.29, 1.82) is 5.41 Å². The Morgan fingerprint density at radius 1 is 1.24 bits per heavy atom. The molecule has 0 aliphatic rings. The molecule has 0 radical (unpaired) electrons. The van der Waals surface area contributed by atoms with Gasteiger partial charge in [0.2, 0.25) is 0 Å². The number of aromatic nitrogens is 1. The van der Waals surface area contributed by atoms with E-state index in [-0.39, 0.29) is 11.7 Å². The number of unbranched alkanes of at least 4 members (excludes halogenated alkanes) is 1. The van der Waals surface area contributed by atoms with E-state index in [9.17, 15) is 5.11 Å². The Morgan fingerprint density at radius 2 is 1.97 bits per heavy atom. The summed E-state index contributed by atoms with van der Waals surface area (Å²) >= 11 is 0. The molecule has 0 saturated carbocycles. The number of H-pyrrole nitrogens is 1. The standard InChI is InChI=1S/C24H32N4O/c1-7-8-9-10-15(2)17(4)19-11-12-21-20(14-19)23(24(29)28-21)18(5)27-22(25)13-16(3)26-6/h9-14,25-26,28-29H,7-8H2,1-6H3/b10-9-,16-13-,17-15+,25-22?,27-18?. The van der Waals surface area contributed by atoms with Crippen molar-refractivity contribution in [2.24, 2.45) is 4.99 Å². The van der Waals surface area contributed by atoms with Crippen molar-refractivity contribution in [1.82, 2.24) is 10.3 Å². The molecule has 0 aliphatic carbocycles. The van der Waals surface area contributed by atoms with Gasteiger partial charge in [0.1, 0.15) is 5.84 Å². The number of nitrogens with one attached hydrogen (secondary N) is 3. The van der Waals surface area contributed by atoms with Gasteiger partial charge in [-0.05, 0) is 63.0 Å². The summed E-state index contributed by atoms with van der Waals surface area (Å²) in [6.45, 7) is 10.1. The van der Waals surface area contributed by atoms with Gasteiger partial charge in [-0.3, -0.25) is 5.41 Å². The Hall–Kier alpha value is -3.08. The number of aromatic amines is 1. The SMILES string of the molecule is CCC/C=C\C(C)=C(/C)c1ccc2[nH]c(O)c(C(C)=NC(=N)/C=C(/C)NC)c2c1. The smallest absolute Gasteiger partial charge is 0.198 e. The topological polar surface area (TPSA) is 84.3 Å². The van der Waals surface area contributed by atoms with Crippen molar-refractivity contribution in [2.45, 2.75) is 47.5 Å². The van der Waals surface area contributed by atoms with Gasteiger partial charge in [0, 0.05) is 29.7 Å². The normalized spacial score (nSPS) is 13.9. The third kappa shape index (κ3) is 5.47. The first-order valence-electron chi connectivity index (χ1n) is 9.97. The number of rotatable bonds is 7. The monoisotopic (exact) mass is 392 g/mol. The number of amidine groups is 1.